The third kappa shape index (κ3) is 5.78. The zero-order chi connectivity index (χ0) is 15.9. The van der Waals surface area contributed by atoms with Crippen molar-refractivity contribution < 1.29 is 0 Å². The van der Waals surface area contributed by atoms with E-state index in [0.717, 1.165) is 23.7 Å². The van der Waals surface area contributed by atoms with Gasteiger partial charge in [-0.05, 0) is 61.8 Å². The molecule has 1 aromatic carbocycles. The molecule has 0 nitrogen and oxygen atoms in total. The van der Waals surface area contributed by atoms with Crippen LogP contribution in [0, 0.1) is 30.6 Å². The fourth-order valence-electron chi connectivity index (χ4n) is 3.95. The first-order chi connectivity index (χ1) is 10.5. The lowest BCUT2D eigenvalue weighted by Crippen LogP contribution is -2.19. The topological polar surface area (TPSA) is 0 Å². The minimum absolute atomic E-state index is 0.867. The Bertz CT molecular complexity index is 408. The van der Waals surface area contributed by atoms with E-state index in [1.165, 1.54) is 62.5 Å². The predicted octanol–water partition coefficient (Wildman–Crippen LogP) is 6.81. The highest BCUT2D eigenvalue weighted by Crippen LogP contribution is 2.35. The van der Waals surface area contributed by atoms with Gasteiger partial charge >= 0.3 is 0 Å². The van der Waals surface area contributed by atoms with Crippen molar-refractivity contribution in [1.82, 2.24) is 0 Å². The number of hydrogen-bond acceptors (Lipinski definition) is 0. The van der Waals surface area contributed by atoms with E-state index in [2.05, 4.69) is 52.0 Å². The molecule has 1 aliphatic carbocycles. The second-order valence-corrected chi connectivity index (χ2v) is 8.20. The van der Waals surface area contributed by atoms with Crippen LogP contribution in [0.2, 0.25) is 0 Å². The van der Waals surface area contributed by atoms with Gasteiger partial charge in [0.2, 0.25) is 0 Å². The van der Waals surface area contributed by atoms with Gasteiger partial charge in [-0.15, -0.1) is 0 Å². The molecule has 0 aromatic heterocycles. The third-order valence-corrected chi connectivity index (χ3v) is 6.03. The second-order valence-electron chi connectivity index (χ2n) is 8.20. The molecule has 0 heterocycles. The summed E-state index contributed by atoms with van der Waals surface area (Å²) in [7, 11) is 0. The minimum atomic E-state index is 0.867. The standard InChI is InChI=1S/C22H36/c1-17(6-12-21-13-7-18(2)8-14-21)5-11-20(4)22-15-9-19(3)10-16-22/h7-8,13-14,17,19-20,22H,5-6,9-12,15-16H2,1-4H3. The molecule has 0 aliphatic heterocycles. The zero-order valence-corrected chi connectivity index (χ0v) is 15.3. The highest BCUT2D eigenvalue weighted by Gasteiger charge is 2.23. The first-order valence-electron chi connectivity index (χ1n) is 9.60. The van der Waals surface area contributed by atoms with Crippen molar-refractivity contribution in [3.05, 3.63) is 35.4 Å². The Morgan fingerprint density at radius 1 is 0.909 bits per heavy atom. The lowest BCUT2D eigenvalue weighted by molar-refractivity contribution is 0.207. The van der Waals surface area contributed by atoms with Crippen molar-refractivity contribution in [1.29, 1.82) is 0 Å². The van der Waals surface area contributed by atoms with Gasteiger partial charge in [0.1, 0.15) is 0 Å². The van der Waals surface area contributed by atoms with Crippen LogP contribution in [0.3, 0.4) is 0 Å². The van der Waals surface area contributed by atoms with Crippen LogP contribution in [0.1, 0.15) is 76.8 Å². The Kier molecular flexibility index (Phi) is 6.99. The molecule has 0 spiro atoms. The van der Waals surface area contributed by atoms with E-state index in [0.29, 0.717) is 0 Å². The molecular formula is C22H36. The van der Waals surface area contributed by atoms with Crippen molar-refractivity contribution in [2.75, 3.05) is 0 Å². The average Bonchev–Trinajstić information content (AvgIpc) is 2.52. The maximum absolute atomic E-state index is 2.51. The first kappa shape index (κ1) is 17.6. The molecule has 124 valence electrons. The van der Waals surface area contributed by atoms with Crippen LogP contribution in [0.5, 0.6) is 0 Å². The van der Waals surface area contributed by atoms with Gasteiger partial charge in [-0.3, -0.25) is 0 Å². The van der Waals surface area contributed by atoms with Gasteiger partial charge in [0.25, 0.3) is 0 Å². The van der Waals surface area contributed by atoms with Crippen molar-refractivity contribution in [2.45, 2.75) is 79.1 Å². The fraction of sp³-hybridized carbons (Fsp3) is 0.727. The molecule has 0 bridgehead atoms. The van der Waals surface area contributed by atoms with Gasteiger partial charge < -0.3 is 0 Å². The molecule has 1 fully saturated rings. The van der Waals surface area contributed by atoms with Gasteiger partial charge in [-0.2, -0.15) is 0 Å². The predicted molar refractivity (Wildman–Crippen MR) is 98.2 cm³/mol. The quantitative estimate of drug-likeness (QED) is 0.519. The molecule has 0 N–H and O–H groups in total. The molecule has 0 saturated heterocycles. The second kappa shape index (κ2) is 8.75. The third-order valence-electron chi connectivity index (χ3n) is 6.03. The summed E-state index contributed by atoms with van der Waals surface area (Å²) in [4.78, 5) is 0. The van der Waals surface area contributed by atoms with Crippen LogP contribution in [0.4, 0.5) is 0 Å². The summed E-state index contributed by atoms with van der Waals surface area (Å²) in [6.07, 6.45) is 11.4. The molecular weight excluding hydrogens is 264 g/mol. The van der Waals surface area contributed by atoms with Crippen LogP contribution >= 0.6 is 0 Å². The van der Waals surface area contributed by atoms with Crippen molar-refractivity contribution in [3.63, 3.8) is 0 Å². The Labute approximate surface area is 138 Å². The monoisotopic (exact) mass is 300 g/mol. The summed E-state index contributed by atoms with van der Waals surface area (Å²) in [5.41, 5.74) is 2.87. The van der Waals surface area contributed by atoms with Gasteiger partial charge in [-0.25, -0.2) is 0 Å². The van der Waals surface area contributed by atoms with Gasteiger partial charge in [-0.1, -0.05) is 76.3 Å². The summed E-state index contributed by atoms with van der Waals surface area (Å²) >= 11 is 0. The van der Waals surface area contributed by atoms with Crippen molar-refractivity contribution in [2.24, 2.45) is 23.7 Å². The number of hydrogen-bond donors (Lipinski definition) is 0. The molecule has 1 aromatic rings. The highest BCUT2D eigenvalue weighted by atomic mass is 14.3. The lowest BCUT2D eigenvalue weighted by Gasteiger charge is -2.31. The van der Waals surface area contributed by atoms with Crippen LogP contribution in [0.25, 0.3) is 0 Å². The van der Waals surface area contributed by atoms with E-state index in [4.69, 9.17) is 0 Å². The summed E-state index contributed by atoms with van der Waals surface area (Å²) in [5, 5.41) is 0. The van der Waals surface area contributed by atoms with E-state index in [1.807, 2.05) is 0 Å². The lowest BCUT2D eigenvalue weighted by atomic mass is 9.75. The number of rotatable bonds is 7. The number of benzene rings is 1. The maximum Gasteiger partial charge on any atom is -0.0276 e. The normalized spacial score (nSPS) is 24.9. The zero-order valence-electron chi connectivity index (χ0n) is 15.3. The average molecular weight is 301 g/mol. The SMILES string of the molecule is Cc1ccc(CCC(C)CCC(C)C2CCC(C)CC2)cc1. The molecule has 2 atom stereocenters. The van der Waals surface area contributed by atoms with Gasteiger partial charge in [0.15, 0.2) is 0 Å². The van der Waals surface area contributed by atoms with Gasteiger partial charge in [0.05, 0.1) is 0 Å². The first-order valence-corrected chi connectivity index (χ1v) is 9.60. The van der Waals surface area contributed by atoms with Crippen LogP contribution in [0.15, 0.2) is 24.3 Å². The molecule has 1 saturated carbocycles. The summed E-state index contributed by atoms with van der Waals surface area (Å²) in [5.74, 6) is 3.80. The van der Waals surface area contributed by atoms with E-state index >= 15 is 0 Å². The number of aryl methyl sites for hydroxylation is 2. The van der Waals surface area contributed by atoms with Crippen LogP contribution in [-0.4, -0.2) is 0 Å². The van der Waals surface area contributed by atoms with E-state index in [-0.39, 0.29) is 0 Å². The van der Waals surface area contributed by atoms with Crippen LogP contribution < -0.4 is 0 Å². The molecule has 0 amide bonds. The molecule has 2 rings (SSSR count). The smallest absolute Gasteiger partial charge is 0.0276 e. The Morgan fingerprint density at radius 2 is 1.55 bits per heavy atom. The van der Waals surface area contributed by atoms with E-state index in [1.54, 1.807) is 0 Å². The molecule has 2 unspecified atom stereocenters. The highest BCUT2D eigenvalue weighted by molar-refractivity contribution is 5.21. The largest absolute Gasteiger partial charge is 0.0625 e. The Morgan fingerprint density at radius 3 is 2.18 bits per heavy atom. The fourth-order valence-corrected chi connectivity index (χ4v) is 3.95. The summed E-state index contributed by atoms with van der Waals surface area (Å²) < 4.78 is 0. The van der Waals surface area contributed by atoms with Gasteiger partial charge in [0, 0.05) is 0 Å². The van der Waals surface area contributed by atoms with E-state index in [9.17, 15) is 0 Å². The Hall–Kier alpha value is -0.780. The molecule has 1 aliphatic rings. The Balaban J connectivity index is 1.64. The van der Waals surface area contributed by atoms with E-state index < -0.39 is 0 Å². The molecule has 0 heteroatoms. The molecule has 0 radical (unpaired) electrons. The van der Waals surface area contributed by atoms with Crippen molar-refractivity contribution in [3.8, 4) is 0 Å². The summed E-state index contributed by atoms with van der Waals surface area (Å²) in [6.45, 7) is 9.55. The minimum Gasteiger partial charge on any atom is -0.0625 e. The molecule has 22 heavy (non-hydrogen) atoms. The van der Waals surface area contributed by atoms with Crippen LogP contribution in [-0.2, 0) is 6.42 Å². The maximum atomic E-state index is 2.51. The summed E-state index contributed by atoms with van der Waals surface area (Å²) in [6, 6.07) is 9.08. The van der Waals surface area contributed by atoms with Crippen molar-refractivity contribution >= 4 is 0 Å².